The Balaban J connectivity index is 2.00. The predicted octanol–water partition coefficient (Wildman–Crippen LogP) is 3.46. The zero-order chi connectivity index (χ0) is 15.6. The van der Waals surface area contributed by atoms with Crippen molar-refractivity contribution < 1.29 is 14.3 Å². The molecule has 21 heavy (non-hydrogen) atoms. The minimum Gasteiger partial charge on any atom is -0.447 e. The van der Waals surface area contributed by atoms with Gasteiger partial charge in [-0.05, 0) is 31.9 Å². The monoisotopic (exact) mass is 307 g/mol. The van der Waals surface area contributed by atoms with Crippen molar-refractivity contribution in [2.75, 3.05) is 13.2 Å². The standard InChI is InChI=1S/C16H21NO3S/c1-10-7-11(2)15(12(3)8-10)21-13(4)9-14(18)17-5-6-20-16(17)19/h7-8,13H,5-6,9H2,1-4H3/t13-/m0/s1. The Hall–Kier alpha value is -1.49. The van der Waals surface area contributed by atoms with E-state index in [-0.39, 0.29) is 11.2 Å². The number of rotatable bonds is 4. The molecule has 0 saturated carbocycles. The SMILES string of the molecule is Cc1cc(C)c(S[C@@H](C)CC(=O)N2CCOC2=O)c(C)c1. The van der Waals surface area contributed by atoms with E-state index in [1.54, 1.807) is 11.8 Å². The van der Waals surface area contributed by atoms with Crippen LogP contribution in [-0.4, -0.2) is 35.3 Å². The van der Waals surface area contributed by atoms with Crippen LogP contribution in [0.4, 0.5) is 4.79 Å². The van der Waals surface area contributed by atoms with Crippen LogP contribution in [0, 0.1) is 20.8 Å². The molecular weight excluding hydrogens is 286 g/mol. The topological polar surface area (TPSA) is 46.6 Å². The normalized spacial score (nSPS) is 16.0. The van der Waals surface area contributed by atoms with Crippen LogP contribution in [-0.2, 0) is 9.53 Å². The fourth-order valence-electron chi connectivity index (χ4n) is 2.57. The summed E-state index contributed by atoms with van der Waals surface area (Å²) in [6.45, 7) is 8.96. The quantitative estimate of drug-likeness (QED) is 0.799. The molecule has 5 heteroatoms. The van der Waals surface area contributed by atoms with Crippen LogP contribution in [0.5, 0.6) is 0 Å². The molecule has 1 aromatic rings. The van der Waals surface area contributed by atoms with Gasteiger partial charge in [0, 0.05) is 16.6 Å². The van der Waals surface area contributed by atoms with Crippen molar-refractivity contribution in [2.24, 2.45) is 0 Å². The Morgan fingerprint density at radius 1 is 1.33 bits per heavy atom. The Morgan fingerprint density at radius 2 is 1.95 bits per heavy atom. The van der Waals surface area contributed by atoms with E-state index in [9.17, 15) is 9.59 Å². The van der Waals surface area contributed by atoms with Gasteiger partial charge in [0.25, 0.3) is 0 Å². The molecule has 1 atom stereocenters. The first-order chi connectivity index (χ1) is 9.88. The second kappa shape index (κ2) is 6.52. The lowest BCUT2D eigenvalue weighted by Gasteiger charge is -2.17. The zero-order valence-electron chi connectivity index (χ0n) is 12.9. The highest BCUT2D eigenvalue weighted by Crippen LogP contribution is 2.32. The molecule has 2 rings (SSSR count). The van der Waals surface area contributed by atoms with Crippen LogP contribution in [0.25, 0.3) is 0 Å². The Kier molecular flexibility index (Phi) is 4.93. The van der Waals surface area contributed by atoms with Gasteiger partial charge in [-0.1, -0.05) is 24.6 Å². The summed E-state index contributed by atoms with van der Waals surface area (Å²) in [7, 11) is 0. The maximum absolute atomic E-state index is 12.1. The molecule has 1 fully saturated rings. The number of benzene rings is 1. The number of amides is 2. The van der Waals surface area contributed by atoms with Gasteiger partial charge in [0.2, 0.25) is 5.91 Å². The molecule has 0 N–H and O–H groups in total. The second-order valence-corrected chi connectivity index (χ2v) is 6.97. The third-order valence-electron chi connectivity index (χ3n) is 3.45. The van der Waals surface area contributed by atoms with Crippen molar-refractivity contribution >= 4 is 23.8 Å². The molecule has 1 heterocycles. The van der Waals surface area contributed by atoms with Crippen LogP contribution >= 0.6 is 11.8 Å². The predicted molar refractivity (Wildman–Crippen MR) is 83.7 cm³/mol. The number of ether oxygens (including phenoxy) is 1. The summed E-state index contributed by atoms with van der Waals surface area (Å²) < 4.78 is 4.80. The van der Waals surface area contributed by atoms with Gasteiger partial charge >= 0.3 is 6.09 Å². The third-order valence-corrected chi connectivity index (χ3v) is 4.90. The van der Waals surface area contributed by atoms with Gasteiger partial charge in [0.05, 0.1) is 6.54 Å². The van der Waals surface area contributed by atoms with Gasteiger partial charge in [0.1, 0.15) is 6.61 Å². The van der Waals surface area contributed by atoms with Crippen LogP contribution in [0.2, 0.25) is 0 Å². The number of hydrogen-bond acceptors (Lipinski definition) is 4. The largest absolute Gasteiger partial charge is 0.447 e. The van der Waals surface area contributed by atoms with Crippen molar-refractivity contribution in [1.29, 1.82) is 0 Å². The number of aryl methyl sites for hydroxylation is 3. The van der Waals surface area contributed by atoms with E-state index < -0.39 is 6.09 Å². The molecule has 0 bridgehead atoms. The lowest BCUT2D eigenvalue weighted by molar-refractivity contribution is -0.127. The van der Waals surface area contributed by atoms with Gasteiger partial charge in [0.15, 0.2) is 0 Å². The molecule has 0 unspecified atom stereocenters. The van der Waals surface area contributed by atoms with E-state index in [1.807, 2.05) is 6.92 Å². The molecule has 1 saturated heterocycles. The van der Waals surface area contributed by atoms with Gasteiger partial charge in [-0.15, -0.1) is 11.8 Å². The molecule has 1 aliphatic rings. The van der Waals surface area contributed by atoms with Crippen molar-refractivity contribution in [2.45, 2.75) is 44.3 Å². The molecule has 1 aromatic carbocycles. The zero-order valence-corrected chi connectivity index (χ0v) is 13.8. The lowest BCUT2D eigenvalue weighted by Crippen LogP contribution is -2.33. The highest BCUT2D eigenvalue weighted by molar-refractivity contribution is 8.00. The second-order valence-electron chi connectivity index (χ2n) is 5.52. The fraction of sp³-hybridized carbons (Fsp3) is 0.500. The summed E-state index contributed by atoms with van der Waals surface area (Å²) in [6, 6.07) is 4.31. The molecule has 2 amide bonds. The number of carbonyl (C=O) groups is 2. The maximum Gasteiger partial charge on any atom is 0.416 e. The number of hydrogen-bond donors (Lipinski definition) is 0. The van der Waals surface area contributed by atoms with Crippen molar-refractivity contribution in [3.05, 3.63) is 28.8 Å². The third kappa shape index (κ3) is 3.79. The van der Waals surface area contributed by atoms with E-state index in [0.29, 0.717) is 19.6 Å². The summed E-state index contributed by atoms with van der Waals surface area (Å²) in [5, 5.41) is 0.117. The molecule has 1 aliphatic heterocycles. The van der Waals surface area contributed by atoms with Gasteiger partial charge < -0.3 is 4.74 Å². The number of cyclic esters (lactones) is 1. The highest BCUT2D eigenvalue weighted by Gasteiger charge is 2.29. The first-order valence-corrected chi connectivity index (χ1v) is 7.98. The van der Waals surface area contributed by atoms with Crippen molar-refractivity contribution in [3.63, 3.8) is 0 Å². The maximum atomic E-state index is 12.1. The van der Waals surface area contributed by atoms with Crippen molar-refractivity contribution in [3.8, 4) is 0 Å². The average Bonchev–Trinajstić information content (AvgIpc) is 2.80. The number of nitrogens with zero attached hydrogens (tertiary/aromatic N) is 1. The number of thioether (sulfide) groups is 1. The summed E-state index contributed by atoms with van der Waals surface area (Å²) >= 11 is 1.69. The minimum atomic E-state index is -0.514. The Morgan fingerprint density at radius 3 is 2.48 bits per heavy atom. The molecule has 0 radical (unpaired) electrons. The molecule has 0 aromatic heterocycles. The van der Waals surface area contributed by atoms with E-state index in [2.05, 4.69) is 32.9 Å². The molecular formula is C16H21NO3S. The number of imide groups is 1. The van der Waals surface area contributed by atoms with E-state index in [0.717, 1.165) is 0 Å². The first-order valence-electron chi connectivity index (χ1n) is 7.10. The van der Waals surface area contributed by atoms with E-state index in [4.69, 9.17) is 4.74 Å². The summed E-state index contributed by atoms with van der Waals surface area (Å²) in [6.07, 6.45) is -0.174. The minimum absolute atomic E-state index is 0.117. The van der Waals surface area contributed by atoms with Crippen molar-refractivity contribution in [1.82, 2.24) is 4.90 Å². The molecule has 4 nitrogen and oxygen atoms in total. The molecule has 0 aliphatic carbocycles. The summed E-state index contributed by atoms with van der Waals surface area (Å²) in [5.74, 6) is -0.153. The summed E-state index contributed by atoms with van der Waals surface area (Å²) in [5.41, 5.74) is 3.72. The number of carbonyl (C=O) groups excluding carboxylic acids is 2. The Labute approximate surface area is 129 Å². The fourth-order valence-corrected chi connectivity index (χ4v) is 3.69. The first kappa shape index (κ1) is 15.9. The molecule has 114 valence electrons. The summed E-state index contributed by atoms with van der Waals surface area (Å²) in [4.78, 5) is 25.9. The lowest BCUT2D eigenvalue weighted by atomic mass is 10.1. The van der Waals surface area contributed by atoms with Gasteiger partial charge in [-0.3, -0.25) is 4.79 Å². The van der Waals surface area contributed by atoms with Gasteiger partial charge in [-0.2, -0.15) is 0 Å². The van der Waals surface area contributed by atoms with Crippen LogP contribution < -0.4 is 0 Å². The highest BCUT2D eigenvalue weighted by atomic mass is 32.2. The smallest absolute Gasteiger partial charge is 0.416 e. The van der Waals surface area contributed by atoms with E-state index in [1.165, 1.54) is 26.5 Å². The van der Waals surface area contributed by atoms with Crippen LogP contribution in [0.1, 0.15) is 30.0 Å². The average molecular weight is 307 g/mol. The molecule has 0 spiro atoms. The Bertz CT molecular complexity index is 548. The van der Waals surface area contributed by atoms with Crippen LogP contribution in [0.3, 0.4) is 0 Å². The van der Waals surface area contributed by atoms with Gasteiger partial charge in [-0.25, -0.2) is 9.69 Å². The van der Waals surface area contributed by atoms with Crippen LogP contribution in [0.15, 0.2) is 17.0 Å². The van der Waals surface area contributed by atoms with E-state index >= 15 is 0 Å².